The van der Waals surface area contributed by atoms with Crippen molar-refractivity contribution in [3.8, 4) is 0 Å². The summed E-state index contributed by atoms with van der Waals surface area (Å²) in [5.74, 6) is 0. The average molecular weight is 247 g/mol. The van der Waals surface area contributed by atoms with E-state index in [0.29, 0.717) is 12.1 Å². The van der Waals surface area contributed by atoms with Gasteiger partial charge < -0.3 is 5.73 Å². The van der Waals surface area contributed by atoms with Crippen molar-refractivity contribution in [1.29, 1.82) is 0 Å². The van der Waals surface area contributed by atoms with Gasteiger partial charge in [0.1, 0.15) is 0 Å². The van der Waals surface area contributed by atoms with Crippen molar-refractivity contribution in [2.45, 2.75) is 24.9 Å². The van der Waals surface area contributed by atoms with E-state index in [9.17, 15) is 0 Å². The summed E-state index contributed by atoms with van der Waals surface area (Å²) in [6.07, 6.45) is 4.18. The fraction of sp³-hybridized carbons (Fsp3) is 0.462. The molecule has 0 saturated carbocycles. The number of thiophene rings is 1. The summed E-state index contributed by atoms with van der Waals surface area (Å²) < 4.78 is 0. The van der Waals surface area contributed by atoms with Crippen molar-refractivity contribution in [3.63, 3.8) is 0 Å². The molecule has 2 aromatic rings. The third-order valence-corrected chi connectivity index (χ3v) is 4.38. The number of likely N-dealkylation sites (N-methyl/N-ethyl adjacent to an activating group) is 1. The normalized spacial score (nSPS) is 26.5. The third kappa shape index (κ3) is 1.97. The minimum absolute atomic E-state index is 0.330. The van der Waals surface area contributed by atoms with E-state index in [4.69, 9.17) is 5.73 Å². The number of hydrogen-bond donors (Lipinski definition) is 1. The van der Waals surface area contributed by atoms with Gasteiger partial charge in [0, 0.05) is 41.0 Å². The van der Waals surface area contributed by atoms with Crippen LogP contribution in [0.2, 0.25) is 0 Å². The summed E-state index contributed by atoms with van der Waals surface area (Å²) in [7, 11) is 2.17. The molecule has 0 amide bonds. The van der Waals surface area contributed by atoms with E-state index >= 15 is 0 Å². The van der Waals surface area contributed by atoms with E-state index in [1.54, 1.807) is 11.3 Å². The Kier molecular flexibility index (Phi) is 2.86. The van der Waals surface area contributed by atoms with Gasteiger partial charge in [0.2, 0.25) is 0 Å². The van der Waals surface area contributed by atoms with Crippen molar-refractivity contribution in [3.05, 3.63) is 28.6 Å². The fourth-order valence-corrected chi connectivity index (χ4v) is 3.54. The van der Waals surface area contributed by atoms with Crippen LogP contribution >= 0.6 is 11.3 Å². The molecule has 2 unspecified atom stereocenters. The molecule has 2 atom stereocenters. The van der Waals surface area contributed by atoms with Gasteiger partial charge in [0.15, 0.2) is 0 Å². The minimum Gasteiger partial charge on any atom is -0.327 e. The van der Waals surface area contributed by atoms with Crippen molar-refractivity contribution >= 4 is 22.2 Å². The largest absolute Gasteiger partial charge is 0.327 e. The van der Waals surface area contributed by atoms with Gasteiger partial charge in [0.25, 0.3) is 0 Å². The van der Waals surface area contributed by atoms with Crippen LogP contribution in [0.3, 0.4) is 0 Å². The molecule has 2 N–H and O–H groups in total. The Morgan fingerprint density at radius 1 is 1.41 bits per heavy atom. The Morgan fingerprint density at radius 2 is 2.29 bits per heavy atom. The third-order valence-electron chi connectivity index (χ3n) is 3.64. The molecule has 2 aromatic heterocycles. The van der Waals surface area contributed by atoms with Gasteiger partial charge in [-0.05, 0) is 31.5 Å². The number of nitrogens with zero attached hydrogens (tertiary/aromatic N) is 2. The monoisotopic (exact) mass is 247 g/mol. The number of pyridine rings is 1. The molecule has 0 bridgehead atoms. The highest BCUT2D eigenvalue weighted by Gasteiger charge is 2.26. The first-order valence-electron chi connectivity index (χ1n) is 6.02. The van der Waals surface area contributed by atoms with E-state index in [0.717, 1.165) is 24.9 Å². The SMILES string of the molecule is CN1CC(N)CCC1c1ccnc2cscc12. The van der Waals surface area contributed by atoms with Gasteiger partial charge in [-0.25, -0.2) is 0 Å². The molecule has 4 heteroatoms. The van der Waals surface area contributed by atoms with E-state index in [-0.39, 0.29) is 0 Å². The van der Waals surface area contributed by atoms with E-state index in [1.807, 2.05) is 6.20 Å². The van der Waals surface area contributed by atoms with Gasteiger partial charge in [-0.15, -0.1) is 11.3 Å². The summed E-state index contributed by atoms with van der Waals surface area (Å²) >= 11 is 1.73. The smallest absolute Gasteiger partial charge is 0.0812 e. The molecule has 1 fully saturated rings. The molecule has 3 nitrogen and oxygen atoms in total. The van der Waals surface area contributed by atoms with Crippen LogP contribution < -0.4 is 5.73 Å². The highest BCUT2D eigenvalue weighted by atomic mass is 32.1. The van der Waals surface area contributed by atoms with Gasteiger partial charge in [-0.3, -0.25) is 9.88 Å². The molecular formula is C13H17N3S. The van der Waals surface area contributed by atoms with E-state index < -0.39 is 0 Å². The Hall–Kier alpha value is -0.970. The molecular weight excluding hydrogens is 230 g/mol. The lowest BCUT2D eigenvalue weighted by Crippen LogP contribution is -2.42. The summed E-state index contributed by atoms with van der Waals surface area (Å²) in [6, 6.07) is 2.98. The number of aromatic nitrogens is 1. The first-order chi connectivity index (χ1) is 8.25. The zero-order valence-corrected chi connectivity index (χ0v) is 10.8. The first kappa shape index (κ1) is 11.1. The maximum atomic E-state index is 6.01. The predicted octanol–water partition coefficient (Wildman–Crippen LogP) is 2.39. The number of fused-ring (bicyclic) bond motifs is 1. The van der Waals surface area contributed by atoms with E-state index in [1.165, 1.54) is 10.9 Å². The zero-order valence-electron chi connectivity index (χ0n) is 9.97. The Balaban J connectivity index is 2.00. The maximum absolute atomic E-state index is 6.01. The molecule has 0 aromatic carbocycles. The highest BCUT2D eigenvalue weighted by molar-refractivity contribution is 7.09. The molecule has 0 spiro atoms. The standard InChI is InChI=1S/C13H17N3S/c1-16-6-9(14)2-3-13(16)10-4-5-15-12-8-17-7-11(10)12/h4-5,7-9,13H,2-3,6,14H2,1H3. The molecule has 1 aliphatic rings. The zero-order chi connectivity index (χ0) is 11.8. The molecule has 0 aliphatic carbocycles. The lowest BCUT2D eigenvalue weighted by molar-refractivity contribution is 0.171. The van der Waals surface area contributed by atoms with Crippen LogP contribution in [0.4, 0.5) is 0 Å². The Labute approximate surface area is 105 Å². The van der Waals surface area contributed by atoms with Crippen LogP contribution in [0.1, 0.15) is 24.4 Å². The van der Waals surface area contributed by atoms with Crippen molar-refractivity contribution < 1.29 is 0 Å². The van der Waals surface area contributed by atoms with Crippen molar-refractivity contribution in [2.75, 3.05) is 13.6 Å². The second-order valence-corrected chi connectivity index (χ2v) is 5.61. The fourth-order valence-electron chi connectivity index (χ4n) is 2.76. The molecule has 3 rings (SSSR count). The Bertz CT molecular complexity index is 522. The summed E-state index contributed by atoms with van der Waals surface area (Å²) in [5, 5.41) is 5.64. The minimum atomic E-state index is 0.330. The number of piperidine rings is 1. The summed E-state index contributed by atoms with van der Waals surface area (Å²) in [4.78, 5) is 6.78. The van der Waals surface area contributed by atoms with Crippen LogP contribution in [-0.2, 0) is 0 Å². The summed E-state index contributed by atoms with van der Waals surface area (Å²) in [6.45, 7) is 0.985. The lowest BCUT2D eigenvalue weighted by atomic mass is 9.92. The summed E-state index contributed by atoms with van der Waals surface area (Å²) in [5.41, 5.74) is 8.54. The van der Waals surface area contributed by atoms with Crippen LogP contribution in [0.15, 0.2) is 23.0 Å². The lowest BCUT2D eigenvalue weighted by Gasteiger charge is -2.36. The predicted molar refractivity (Wildman–Crippen MR) is 72.2 cm³/mol. The van der Waals surface area contributed by atoms with Crippen molar-refractivity contribution in [1.82, 2.24) is 9.88 Å². The average Bonchev–Trinajstić information content (AvgIpc) is 2.77. The van der Waals surface area contributed by atoms with Crippen LogP contribution in [-0.4, -0.2) is 29.5 Å². The Morgan fingerprint density at radius 3 is 3.12 bits per heavy atom. The number of nitrogens with two attached hydrogens (primary N) is 1. The number of rotatable bonds is 1. The highest BCUT2D eigenvalue weighted by Crippen LogP contribution is 2.34. The molecule has 17 heavy (non-hydrogen) atoms. The van der Waals surface area contributed by atoms with Crippen LogP contribution in [0, 0.1) is 0 Å². The molecule has 3 heterocycles. The maximum Gasteiger partial charge on any atom is 0.0812 e. The number of hydrogen-bond acceptors (Lipinski definition) is 4. The second kappa shape index (κ2) is 4.37. The van der Waals surface area contributed by atoms with Crippen molar-refractivity contribution in [2.24, 2.45) is 5.73 Å². The van der Waals surface area contributed by atoms with Crippen LogP contribution in [0.25, 0.3) is 10.9 Å². The quantitative estimate of drug-likeness (QED) is 0.841. The molecule has 90 valence electrons. The second-order valence-electron chi connectivity index (χ2n) is 4.86. The van der Waals surface area contributed by atoms with E-state index in [2.05, 4.69) is 33.8 Å². The molecule has 1 aliphatic heterocycles. The van der Waals surface area contributed by atoms with Gasteiger partial charge in [0.05, 0.1) is 5.52 Å². The van der Waals surface area contributed by atoms with Crippen LogP contribution in [0.5, 0.6) is 0 Å². The topological polar surface area (TPSA) is 42.1 Å². The van der Waals surface area contributed by atoms with Gasteiger partial charge >= 0.3 is 0 Å². The number of likely N-dealkylation sites (tertiary alicyclic amines) is 1. The van der Waals surface area contributed by atoms with Gasteiger partial charge in [-0.1, -0.05) is 0 Å². The molecule has 0 radical (unpaired) electrons. The first-order valence-corrected chi connectivity index (χ1v) is 6.96. The molecule has 1 saturated heterocycles. The van der Waals surface area contributed by atoms with Gasteiger partial charge in [-0.2, -0.15) is 0 Å².